The Bertz CT molecular complexity index is 284. The van der Waals surface area contributed by atoms with E-state index in [2.05, 4.69) is 5.32 Å². The van der Waals surface area contributed by atoms with Crippen LogP contribution < -0.4 is 5.32 Å². The van der Waals surface area contributed by atoms with E-state index in [0.717, 1.165) is 36.7 Å². The molecule has 4 heteroatoms. The van der Waals surface area contributed by atoms with Crippen molar-refractivity contribution < 1.29 is 9.90 Å². The predicted octanol–water partition coefficient (Wildman–Crippen LogP) is 2.72. The van der Waals surface area contributed by atoms with E-state index < -0.39 is 5.60 Å². The molecule has 0 aromatic heterocycles. The monoisotopic (exact) mass is 285 g/mol. The number of aliphatic hydroxyl groups is 1. The van der Waals surface area contributed by atoms with Crippen LogP contribution in [0.5, 0.6) is 0 Å². The summed E-state index contributed by atoms with van der Waals surface area (Å²) in [5.74, 6) is 2.90. The first-order valence-corrected chi connectivity index (χ1v) is 8.90. The number of hydrogen-bond acceptors (Lipinski definition) is 3. The zero-order valence-corrected chi connectivity index (χ0v) is 12.6. The summed E-state index contributed by atoms with van der Waals surface area (Å²) in [5, 5.41) is 13.2. The van der Waals surface area contributed by atoms with Crippen LogP contribution >= 0.6 is 11.8 Å². The number of thioether (sulfide) groups is 1. The van der Waals surface area contributed by atoms with E-state index in [0.29, 0.717) is 13.0 Å². The molecule has 2 N–H and O–H groups in total. The van der Waals surface area contributed by atoms with E-state index in [1.54, 1.807) is 0 Å². The molecule has 0 unspecified atom stereocenters. The minimum atomic E-state index is -0.647. The molecule has 1 amide bonds. The Kier molecular flexibility index (Phi) is 6.02. The molecule has 2 aliphatic rings. The fourth-order valence-corrected chi connectivity index (χ4v) is 4.34. The van der Waals surface area contributed by atoms with Crippen molar-refractivity contribution >= 4 is 17.7 Å². The first kappa shape index (κ1) is 15.2. The van der Waals surface area contributed by atoms with Crippen molar-refractivity contribution in [3.05, 3.63) is 0 Å². The van der Waals surface area contributed by atoms with Gasteiger partial charge in [-0.3, -0.25) is 4.79 Å². The zero-order valence-electron chi connectivity index (χ0n) is 11.8. The predicted molar refractivity (Wildman–Crippen MR) is 80.3 cm³/mol. The summed E-state index contributed by atoms with van der Waals surface area (Å²) in [7, 11) is 0. The molecule has 110 valence electrons. The van der Waals surface area contributed by atoms with E-state index in [9.17, 15) is 9.90 Å². The van der Waals surface area contributed by atoms with Gasteiger partial charge in [0, 0.05) is 13.0 Å². The molecule has 2 rings (SSSR count). The Labute approximate surface area is 120 Å². The van der Waals surface area contributed by atoms with Crippen molar-refractivity contribution in [2.75, 3.05) is 18.1 Å². The minimum absolute atomic E-state index is 0.122. The van der Waals surface area contributed by atoms with Crippen molar-refractivity contribution in [3.8, 4) is 0 Å². The number of carbonyl (C=O) groups excluding carboxylic acids is 1. The lowest BCUT2D eigenvalue weighted by Crippen LogP contribution is -2.45. The van der Waals surface area contributed by atoms with Crippen LogP contribution in [0.4, 0.5) is 0 Å². The maximum absolute atomic E-state index is 11.8. The van der Waals surface area contributed by atoms with Crippen molar-refractivity contribution in [1.82, 2.24) is 5.32 Å². The Balaban J connectivity index is 1.61. The molecule has 3 nitrogen and oxygen atoms in total. The van der Waals surface area contributed by atoms with Crippen LogP contribution in [0.25, 0.3) is 0 Å². The number of nitrogens with one attached hydrogen (secondary N) is 1. The minimum Gasteiger partial charge on any atom is -0.388 e. The third-order valence-electron chi connectivity index (χ3n) is 4.54. The summed E-state index contributed by atoms with van der Waals surface area (Å²) in [4.78, 5) is 11.8. The summed E-state index contributed by atoms with van der Waals surface area (Å²) >= 11 is 1.89. The molecule has 0 aromatic carbocycles. The van der Waals surface area contributed by atoms with Gasteiger partial charge in [0.15, 0.2) is 0 Å². The lowest BCUT2D eigenvalue weighted by molar-refractivity contribution is -0.122. The maximum Gasteiger partial charge on any atom is 0.220 e. The van der Waals surface area contributed by atoms with Crippen LogP contribution in [0, 0.1) is 5.92 Å². The molecule has 0 atom stereocenters. The lowest BCUT2D eigenvalue weighted by Gasteiger charge is -2.31. The molecule has 0 aromatic rings. The van der Waals surface area contributed by atoms with Crippen LogP contribution in [0.3, 0.4) is 0 Å². The van der Waals surface area contributed by atoms with Gasteiger partial charge < -0.3 is 10.4 Å². The normalized spacial score (nSPS) is 24.1. The van der Waals surface area contributed by atoms with E-state index >= 15 is 0 Å². The van der Waals surface area contributed by atoms with Gasteiger partial charge in [0.1, 0.15) is 0 Å². The molecule has 0 spiro atoms. The highest BCUT2D eigenvalue weighted by atomic mass is 32.2. The van der Waals surface area contributed by atoms with Crippen LogP contribution in [-0.4, -0.2) is 34.7 Å². The molecule has 1 saturated heterocycles. The SMILES string of the molecule is O=C(CCC1CCCCC1)NCC1(O)CCSCC1. The van der Waals surface area contributed by atoms with Gasteiger partial charge in [-0.15, -0.1) is 0 Å². The van der Waals surface area contributed by atoms with Crippen molar-refractivity contribution in [2.24, 2.45) is 5.92 Å². The fourth-order valence-electron chi connectivity index (χ4n) is 3.09. The maximum atomic E-state index is 11.8. The van der Waals surface area contributed by atoms with Gasteiger partial charge in [-0.05, 0) is 36.7 Å². The van der Waals surface area contributed by atoms with Gasteiger partial charge in [0.05, 0.1) is 5.60 Å². The highest BCUT2D eigenvalue weighted by Crippen LogP contribution is 2.28. The topological polar surface area (TPSA) is 49.3 Å². The highest BCUT2D eigenvalue weighted by Gasteiger charge is 2.29. The highest BCUT2D eigenvalue weighted by molar-refractivity contribution is 7.99. The first-order valence-electron chi connectivity index (χ1n) is 7.75. The van der Waals surface area contributed by atoms with Crippen LogP contribution in [0.1, 0.15) is 57.8 Å². The molecule has 1 saturated carbocycles. The van der Waals surface area contributed by atoms with Crippen LogP contribution in [0.2, 0.25) is 0 Å². The fraction of sp³-hybridized carbons (Fsp3) is 0.933. The van der Waals surface area contributed by atoms with E-state index in [4.69, 9.17) is 0 Å². The summed E-state index contributed by atoms with van der Waals surface area (Å²) in [6.07, 6.45) is 9.92. The van der Waals surface area contributed by atoms with Gasteiger partial charge >= 0.3 is 0 Å². The second-order valence-electron chi connectivity index (χ2n) is 6.16. The second kappa shape index (κ2) is 7.53. The molecule has 0 radical (unpaired) electrons. The molecular weight excluding hydrogens is 258 g/mol. The Morgan fingerprint density at radius 1 is 1.21 bits per heavy atom. The van der Waals surface area contributed by atoms with Gasteiger partial charge in [0.2, 0.25) is 5.91 Å². The Morgan fingerprint density at radius 2 is 1.89 bits per heavy atom. The molecule has 19 heavy (non-hydrogen) atoms. The molecule has 1 heterocycles. The van der Waals surface area contributed by atoms with Crippen molar-refractivity contribution in [3.63, 3.8) is 0 Å². The number of amides is 1. The molecule has 2 fully saturated rings. The van der Waals surface area contributed by atoms with Crippen LogP contribution in [-0.2, 0) is 4.79 Å². The zero-order chi connectivity index (χ0) is 13.6. The average Bonchev–Trinajstić information content (AvgIpc) is 2.45. The van der Waals surface area contributed by atoms with E-state index in [1.165, 1.54) is 32.1 Å². The van der Waals surface area contributed by atoms with Gasteiger partial charge in [-0.25, -0.2) is 0 Å². The summed E-state index contributed by atoms with van der Waals surface area (Å²) in [6, 6.07) is 0. The van der Waals surface area contributed by atoms with E-state index in [-0.39, 0.29) is 5.91 Å². The molecule has 1 aliphatic heterocycles. The molecular formula is C15H27NO2S. The van der Waals surface area contributed by atoms with Gasteiger partial charge in [0.25, 0.3) is 0 Å². The van der Waals surface area contributed by atoms with Crippen molar-refractivity contribution in [1.29, 1.82) is 0 Å². The lowest BCUT2D eigenvalue weighted by atomic mass is 9.86. The largest absolute Gasteiger partial charge is 0.388 e. The smallest absolute Gasteiger partial charge is 0.220 e. The Hall–Kier alpha value is -0.220. The Morgan fingerprint density at radius 3 is 2.58 bits per heavy atom. The van der Waals surface area contributed by atoms with Crippen LogP contribution in [0.15, 0.2) is 0 Å². The van der Waals surface area contributed by atoms with Gasteiger partial charge in [-0.2, -0.15) is 11.8 Å². The third-order valence-corrected chi connectivity index (χ3v) is 5.53. The summed E-state index contributed by atoms with van der Waals surface area (Å²) in [5.41, 5.74) is -0.647. The quantitative estimate of drug-likeness (QED) is 0.816. The van der Waals surface area contributed by atoms with Gasteiger partial charge in [-0.1, -0.05) is 32.1 Å². The molecule has 0 bridgehead atoms. The number of rotatable bonds is 5. The number of hydrogen-bond donors (Lipinski definition) is 2. The second-order valence-corrected chi connectivity index (χ2v) is 7.38. The first-order chi connectivity index (χ1) is 9.18. The summed E-state index contributed by atoms with van der Waals surface area (Å²) < 4.78 is 0. The molecule has 1 aliphatic carbocycles. The third kappa shape index (κ3) is 5.35. The van der Waals surface area contributed by atoms with Crippen molar-refractivity contribution in [2.45, 2.75) is 63.4 Å². The average molecular weight is 285 g/mol. The van der Waals surface area contributed by atoms with E-state index in [1.807, 2.05) is 11.8 Å². The number of carbonyl (C=O) groups is 1. The summed E-state index contributed by atoms with van der Waals surface area (Å²) in [6.45, 7) is 0.442. The standard InChI is InChI=1S/C15H27NO2S/c17-14(7-6-13-4-2-1-3-5-13)16-12-15(18)8-10-19-11-9-15/h13,18H,1-12H2,(H,16,17).